The quantitative estimate of drug-likeness (QED) is 0.579. The summed E-state index contributed by atoms with van der Waals surface area (Å²) >= 11 is 0. The predicted octanol–water partition coefficient (Wildman–Crippen LogP) is 4.23. The van der Waals surface area contributed by atoms with Crippen molar-refractivity contribution in [3.05, 3.63) is 89.7 Å². The first-order chi connectivity index (χ1) is 15.6. The molecule has 3 aromatic rings. The van der Waals surface area contributed by atoms with Gasteiger partial charge in [0.25, 0.3) is 0 Å². The summed E-state index contributed by atoms with van der Waals surface area (Å²) in [5.74, 6) is 0. The molecule has 168 valence electrons. The van der Waals surface area contributed by atoms with Gasteiger partial charge >= 0.3 is 0 Å². The monoisotopic (exact) mass is 430 g/mol. The second-order valence-corrected chi connectivity index (χ2v) is 8.70. The minimum Gasteiger partial charge on any atom is -0.396 e. The van der Waals surface area contributed by atoms with Crippen LogP contribution in [0.1, 0.15) is 23.4 Å². The first-order valence-corrected chi connectivity index (χ1v) is 11.5. The van der Waals surface area contributed by atoms with Crippen LogP contribution in [-0.2, 0) is 13.1 Å². The normalized spacial score (nSPS) is 17.4. The molecule has 32 heavy (non-hydrogen) atoms. The molecule has 1 aliphatic rings. The molecular weight excluding hydrogens is 396 g/mol. The number of para-hydroxylation sites is 1. The number of aromatic nitrogens is 1. The number of hydrogen-bond donors (Lipinski definition) is 1. The minimum atomic E-state index is 0.219. The number of rotatable bonds is 8. The fraction of sp³-hybridized carbons (Fsp3) is 0.370. The van der Waals surface area contributed by atoms with E-state index >= 15 is 0 Å². The van der Waals surface area contributed by atoms with Crippen molar-refractivity contribution in [2.45, 2.75) is 32.5 Å². The molecule has 0 saturated carbocycles. The zero-order valence-corrected chi connectivity index (χ0v) is 19.2. The van der Waals surface area contributed by atoms with Crippen molar-refractivity contribution in [1.29, 1.82) is 0 Å². The van der Waals surface area contributed by atoms with E-state index in [1.165, 1.54) is 16.9 Å². The number of anilines is 2. The Hall–Kier alpha value is -2.73. The molecule has 5 nitrogen and oxygen atoms in total. The maximum atomic E-state index is 9.63. The Morgan fingerprint density at radius 1 is 0.906 bits per heavy atom. The van der Waals surface area contributed by atoms with E-state index in [1.807, 2.05) is 19.1 Å². The summed E-state index contributed by atoms with van der Waals surface area (Å²) < 4.78 is 0. The molecule has 1 saturated heterocycles. The predicted molar refractivity (Wildman–Crippen MR) is 131 cm³/mol. The summed E-state index contributed by atoms with van der Waals surface area (Å²) in [7, 11) is 2.10. The number of benzene rings is 2. The SMILES string of the molecule is Cc1cccc(CN2CCN(Cc3ccc(N(C)c4ccccc4)cc3)C[C@@H]2CCO)n1. The third kappa shape index (κ3) is 5.74. The van der Waals surface area contributed by atoms with Crippen LogP contribution in [0.3, 0.4) is 0 Å². The van der Waals surface area contributed by atoms with Gasteiger partial charge < -0.3 is 10.0 Å². The van der Waals surface area contributed by atoms with E-state index in [2.05, 4.69) is 87.4 Å². The van der Waals surface area contributed by atoms with E-state index in [9.17, 15) is 5.11 Å². The van der Waals surface area contributed by atoms with Gasteiger partial charge in [0, 0.05) is 69.5 Å². The third-order valence-electron chi connectivity index (χ3n) is 6.34. The fourth-order valence-corrected chi connectivity index (χ4v) is 4.51. The van der Waals surface area contributed by atoms with Crippen molar-refractivity contribution in [2.75, 3.05) is 38.2 Å². The molecule has 1 aromatic heterocycles. The third-order valence-corrected chi connectivity index (χ3v) is 6.34. The topological polar surface area (TPSA) is 42.8 Å². The molecule has 0 unspecified atom stereocenters. The van der Waals surface area contributed by atoms with E-state index in [1.54, 1.807) is 0 Å². The number of hydrogen-bond acceptors (Lipinski definition) is 5. The van der Waals surface area contributed by atoms with Gasteiger partial charge in [-0.1, -0.05) is 36.4 Å². The van der Waals surface area contributed by atoms with Gasteiger partial charge in [-0.25, -0.2) is 0 Å². The lowest BCUT2D eigenvalue weighted by Gasteiger charge is -2.41. The van der Waals surface area contributed by atoms with Crippen LogP contribution in [0.15, 0.2) is 72.8 Å². The Morgan fingerprint density at radius 2 is 1.66 bits per heavy atom. The lowest BCUT2D eigenvalue weighted by molar-refractivity contribution is 0.0491. The minimum absolute atomic E-state index is 0.219. The average molecular weight is 431 g/mol. The van der Waals surface area contributed by atoms with Crippen LogP contribution in [0.2, 0.25) is 0 Å². The van der Waals surface area contributed by atoms with E-state index < -0.39 is 0 Å². The molecular formula is C27H34N4O. The number of nitrogens with zero attached hydrogens (tertiary/aromatic N) is 4. The smallest absolute Gasteiger partial charge is 0.0547 e. The fourth-order valence-electron chi connectivity index (χ4n) is 4.51. The molecule has 0 amide bonds. The molecule has 0 bridgehead atoms. The van der Waals surface area contributed by atoms with Crippen LogP contribution in [0.5, 0.6) is 0 Å². The van der Waals surface area contributed by atoms with E-state index in [4.69, 9.17) is 0 Å². The molecule has 1 aliphatic heterocycles. The largest absolute Gasteiger partial charge is 0.396 e. The molecule has 1 atom stereocenters. The molecule has 5 heteroatoms. The summed E-state index contributed by atoms with van der Waals surface area (Å²) in [4.78, 5) is 11.9. The highest BCUT2D eigenvalue weighted by atomic mass is 16.3. The summed E-state index contributed by atoms with van der Waals surface area (Å²) in [6.07, 6.45) is 0.795. The standard InChI is InChI=1S/C27H34N4O/c1-22-7-6-8-24(28-22)20-31-17-16-30(21-27(31)15-18-32)19-23-11-13-26(14-12-23)29(2)25-9-4-3-5-10-25/h3-14,27,32H,15-21H2,1-2H3/t27-/m0/s1. The molecule has 0 aliphatic carbocycles. The Morgan fingerprint density at radius 3 is 2.38 bits per heavy atom. The Bertz CT molecular complexity index is 976. The highest BCUT2D eigenvalue weighted by molar-refractivity contribution is 5.62. The van der Waals surface area contributed by atoms with Crippen molar-refractivity contribution in [1.82, 2.24) is 14.8 Å². The van der Waals surface area contributed by atoms with Crippen LogP contribution in [0.25, 0.3) is 0 Å². The molecule has 0 spiro atoms. The Labute approximate surface area is 191 Å². The number of aliphatic hydroxyl groups is 1. The summed E-state index contributed by atoms with van der Waals surface area (Å²) in [5.41, 5.74) is 5.87. The molecule has 0 radical (unpaired) electrons. The van der Waals surface area contributed by atoms with Crippen LogP contribution >= 0.6 is 0 Å². The Kier molecular flexibility index (Phi) is 7.53. The number of pyridine rings is 1. The van der Waals surface area contributed by atoms with Gasteiger partial charge in [-0.05, 0) is 55.3 Å². The second kappa shape index (κ2) is 10.7. The summed E-state index contributed by atoms with van der Waals surface area (Å²) in [6.45, 7) is 7.04. The summed E-state index contributed by atoms with van der Waals surface area (Å²) in [5, 5.41) is 9.63. The van der Waals surface area contributed by atoms with Gasteiger partial charge in [0.05, 0.1) is 5.69 Å². The highest BCUT2D eigenvalue weighted by Crippen LogP contribution is 2.24. The first kappa shape index (κ1) is 22.5. The number of aliphatic hydroxyl groups excluding tert-OH is 1. The Balaban J connectivity index is 1.36. The second-order valence-electron chi connectivity index (χ2n) is 8.70. The molecule has 1 fully saturated rings. The number of aryl methyl sites for hydroxylation is 1. The molecule has 2 aromatic carbocycles. The molecule has 1 N–H and O–H groups in total. The maximum absolute atomic E-state index is 9.63. The maximum Gasteiger partial charge on any atom is 0.0547 e. The van der Waals surface area contributed by atoms with Gasteiger partial charge in [-0.3, -0.25) is 14.8 Å². The highest BCUT2D eigenvalue weighted by Gasteiger charge is 2.27. The van der Waals surface area contributed by atoms with Gasteiger partial charge in [-0.2, -0.15) is 0 Å². The van der Waals surface area contributed by atoms with Crippen molar-refractivity contribution in [3.8, 4) is 0 Å². The van der Waals surface area contributed by atoms with E-state index in [0.717, 1.165) is 50.5 Å². The van der Waals surface area contributed by atoms with Crippen molar-refractivity contribution in [3.63, 3.8) is 0 Å². The zero-order chi connectivity index (χ0) is 22.3. The molecule has 4 rings (SSSR count). The van der Waals surface area contributed by atoms with Gasteiger partial charge in [0.1, 0.15) is 0 Å². The van der Waals surface area contributed by atoms with Crippen molar-refractivity contribution in [2.24, 2.45) is 0 Å². The number of piperazine rings is 1. The molecule has 2 heterocycles. The van der Waals surface area contributed by atoms with Gasteiger partial charge in [-0.15, -0.1) is 0 Å². The van der Waals surface area contributed by atoms with Gasteiger partial charge in [0.2, 0.25) is 0 Å². The van der Waals surface area contributed by atoms with Crippen LogP contribution in [0.4, 0.5) is 11.4 Å². The van der Waals surface area contributed by atoms with Crippen LogP contribution in [0, 0.1) is 6.92 Å². The van der Waals surface area contributed by atoms with Gasteiger partial charge in [0.15, 0.2) is 0 Å². The lowest BCUT2D eigenvalue weighted by Crippen LogP contribution is -2.52. The zero-order valence-electron chi connectivity index (χ0n) is 19.2. The van der Waals surface area contributed by atoms with E-state index in [-0.39, 0.29) is 6.61 Å². The van der Waals surface area contributed by atoms with Crippen LogP contribution in [-0.4, -0.2) is 59.2 Å². The van der Waals surface area contributed by atoms with Crippen LogP contribution < -0.4 is 4.90 Å². The summed E-state index contributed by atoms with van der Waals surface area (Å²) in [6, 6.07) is 25.9. The average Bonchev–Trinajstić information content (AvgIpc) is 2.82. The van der Waals surface area contributed by atoms with E-state index in [0.29, 0.717) is 6.04 Å². The van der Waals surface area contributed by atoms with Crippen molar-refractivity contribution >= 4 is 11.4 Å². The van der Waals surface area contributed by atoms with Crippen molar-refractivity contribution < 1.29 is 5.11 Å². The lowest BCUT2D eigenvalue weighted by atomic mass is 10.1. The first-order valence-electron chi connectivity index (χ1n) is 11.5.